The van der Waals surface area contributed by atoms with Gasteiger partial charge in [0.05, 0.1) is 7.11 Å². The molecule has 0 bridgehead atoms. The molecule has 4 heteroatoms. The molecule has 3 N–H and O–H groups in total. The molecule has 1 rings (SSSR count). The van der Waals surface area contributed by atoms with E-state index in [1.54, 1.807) is 18.2 Å². The Hall–Kier alpha value is -1.71. The van der Waals surface area contributed by atoms with E-state index in [0.717, 1.165) is 0 Å². The van der Waals surface area contributed by atoms with Crippen molar-refractivity contribution in [3.8, 4) is 5.75 Å². The molecule has 0 aromatic heterocycles. The standard InChI is InChI=1S/C14H22N2O2/c1-9(2)10(3)8-16-14(17)13-11(15)6-5-7-12(13)18-4/h5-7,9-10H,8,15H2,1-4H3,(H,16,17). The van der Waals surface area contributed by atoms with Gasteiger partial charge in [-0.3, -0.25) is 4.79 Å². The van der Waals surface area contributed by atoms with Crippen LogP contribution < -0.4 is 15.8 Å². The van der Waals surface area contributed by atoms with Gasteiger partial charge in [-0.15, -0.1) is 0 Å². The van der Waals surface area contributed by atoms with Crippen LogP contribution in [0.1, 0.15) is 31.1 Å². The molecule has 0 aliphatic carbocycles. The van der Waals surface area contributed by atoms with Gasteiger partial charge >= 0.3 is 0 Å². The third-order valence-electron chi connectivity index (χ3n) is 3.23. The van der Waals surface area contributed by atoms with E-state index in [1.807, 2.05) is 0 Å². The number of amides is 1. The van der Waals surface area contributed by atoms with Crippen LogP contribution in [0.5, 0.6) is 5.75 Å². The molecule has 0 heterocycles. The second-order valence-corrected chi connectivity index (χ2v) is 4.86. The van der Waals surface area contributed by atoms with E-state index in [9.17, 15) is 4.79 Å². The van der Waals surface area contributed by atoms with Crippen molar-refractivity contribution in [3.05, 3.63) is 23.8 Å². The number of methoxy groups -OCH3 is 1. The van der Waals surface area contributed by atoms with Crippen LogP contribution in [0.2, 0.25) is 0 Å². The number of carbonyl (C=O) groups is 1. The van der Waals surface area contributed by atoms with Crippen LogP contribution in [0.25, 0.3) is 0 Å². The molecule has 0 aliphatic rings. The molecule has 0 fully saturated rings. The Labute approximate surface area is 109 Å². The normalized spacial score (nSPS) is 12.3. The van der Waals surface area contributed by atoms with E-state index in [-0.39, 0.29) is 5.91 Å². The average molecular weight is 250 g/mol. The first-order chi connectivity index (χ1) is 8.47. The maximum atomic E-state index is 12.1. The van der Waals surface area contributed by atoms with Crippen LogP contribution in [0.4, 0.5) is 5.69 Å². The Bertz CT molecular complexity index is 416. The van der Waals surface area contributed by atoms with Crippen molar-refractivity contribution in [2.24, 2.45) is 11.8 Å². The number of nitrogens with two attached hydrogens (primary N) is 1. The summed E-state index contributed by atoms with van der Waals surface area (Å²) in [4.78, 5) is 12.1. The quantitative estimate of drug-likeness (QED) is 0.788. The van der Waals surface area contributed by atoms with Crippen LogP contribution in [0.15, 0.2) is 18.2 Å². The number of anilines is 1. The highest BCUT2D eigenvalue weighted by molar-refractivity contribution is 6.01. The summed E-state index contributed by atoms with van der Waals surface area (Å²) >= 11 is 0. The molecular formula is C14H22N2O2. The Morgan fingerprint density at radius 2 is 2.06 bits per heavy atom. The SMILES string of the molecule is COc1cccc(N)c1C(=O)NCC(C)C(C)C. The van der Waals surface area contributed by atoms with Gasteiger partial charge in [0.1, 0.15) is 11.3 Å². The topological polar surface area (TPSA) is 64.3 Å². The number of rotatable bonds is 5. The molecule has 18 heavy (non-hydrogen) atoms. The second kappa shape index (κ2) is 6.28. The summed E-state index contributed by atoms with van der Waals surface area (Å²) < 4.78 is 5.16. The Kier molecular flexibility index (Phi) is 5.01. The molecule has 1 aromatic carbocycles. The smallest absolute Gasteiger partial charge is 0.257 e. The van der Waals surface area contributed by atoms with Gasteiger partial charge < -0.3 is 15.8 Å². The highest BCUT2D eigenvalue weighted by atomic mass is 16.5. The summed E-state index contributed by atoms with van der Waals surface area (Å²) in [5.41, 5.74) is 6.67. The lowest BCUT2D eigenvalue weighted by Crippen LogP contribution is -2.30. The van der Waals surface area contributed by atoms with Crippen molar-refractivity contribution >= 4 is 11.6 Å². The minimum absolute atomic E-state index is 0.183. The number of hydrogen-bond donors (Lipinski definition) is 2. The largest absolute Gasteiger partial charge is 0.496 e. The maximum Gasteiger partial charge on any atom is 0.257 e. The van der Waals surface area contributed by atoms with Crippen LogP contribution in [0, 0.1) is 11.8 Å². The zero-order chi connectivity index (χ0) is 13.7. The van der Waals surface area contributed by atoms with Gasteiger partial charge in [0, 0.05) is 12.2 Å². The van der Waals surface area contributed by atoms with Gasteiger partial charge in [-0.2, -0.15) is 0 Å². The fraction of sp³-hybridized carbons (Fsp3) is 0.500. The lowest BCUT2D eigenvalue weighted by atomic mass is 9.98. The van der Waals surface area contributed by atoms with Gasteiger partial charge in [0.15, 0.2) is 0 Å². The van der Waals surface area contributed by atoms with Gasteiger partial charge in [-0.05, 0) is 24.0 Å². The van der Waals surface area contributed by atoms with E-state index < -0.39 is 0 Å². The van der Waals surface area contributed by atoms with Gasteiger partial charge in [-0.1, -0.05) is 26.8 Å². The van der Waals surface area contributed by atoms with E-state index in [2.05, 4.69) is 26.1 Å². The lowest BCUT2D eigenvalue weighted by Gasteiger charge is -2.17. The first-order valence-electron chi connectivity index (χ1n) is 6.18. The average Bonchev–Trinajstić information content (AvgIpc) is 2.34. The highest BCUT2D eigenvalue weighted by Gasteiger charge is 2.16. The Morgan fingerprint density at radius 1 is 1.39 bits per heavy atom. The third-order valence-corrected chi connectivity index (χ3v) is 3.23. The number of hydrogen-bond acceptors (Lipinski definition) is 3. The molecule has 1 aromatic rings. The third kappa shape index (κ3) is 3.39. The maximum absolute atomic E-state index is 12.1. The summed E-state index contributed by atoms with van der Waals surface area (Å²) in [5, 5.41) is 2.90. The van der Waals surface area contributed by atoms with Crippen LogP contribution in [-0.2, 0) is 0 Å². The molecule has 0 saturated carbocycles. The van der Waals surface area contributed by atoms with Gasteiger partial charge in [0.25, 0.3) is 5.91 Å². The Balaban J connectivity index is 2.78. The van der Waals surface area contributed by atoms with Crippen LogP contribution in [-0.4, -0.2) is 19.6 Å². The first kappa shape index (κ1) is 14.4. The fourth-order valence-corrected chi connectivity index (χ4v) is 1.54. The molecule has 0 spiro atoms. The first-order valence-corrected chi connectivity index (χ1v) is 6.18. The summed E-state index contributed by atoms with van der Waals surface area (Å²) in [6.45, 7) is 7.01. The highest BCUT2D eigenvalue weighted by Crippen LogP contribution is 2.23. The van der Waals surface area contributed by atoms with Crippen molar-refractivity contribution in [1.82, 2.24) is 5.32 Å². The zero-order valence-corrected chi connectivity index (χ0v) is 11.5. The van der Waals surface area contributed by atoms with Crippen molar-refractivity contribution in [2.75, 3.05) is 19.4 Å². The number of nitrogens with one attached hydrogen (secondary N) is 1. The van der Waals surface area contributed by atoms with E-state index in [1.165, 1.54) is 7.11 Å². The van der Waals surface area contributed by atoms with Crippen molar-refractivity contribution in [2.45, 2.75) is 20.8 Å². The predicted molar refractivity (Wildman–Crippen MR) is 73.7 cm³/mol. The molecule has 1 atom stereocenters. The van der Waals surface area contributed by atoms with Gasteiger partial charge in [-0.25, -0.2) is 0 Å². The molecule has 1 amide bonds. The molecule has 0 aliphatic heterocycles. The van der Waals surface area contributed by atoms with Crippen molar-refractivity contribution < 1.29 is 9.53 Å². The lowest BCUT2D eigenvalue weighted by molar-refractivity contribution is 0.0943. The summed E-state index contributed by atoms with van der Waals surface area (Å²) in [5.74, 6) is 1.27. The molecular weight excluding hydrogens is 228 g/mol. The number of nitrogen functional groups attached to an aromatic ring is 1. The number of ether oxygens (including phenoxy) is 1. The molecule has 100 valence electrons. The molecule has 4 nitrogen and oxygen atoms in total. The van der Waals surface area contributed by atoms with Crippen molar-refractivity contribution in [1.29, 1.82) is 0 Å². The zero-order valence-electron chi connectivity index (χ0n) is 11.5. The fourth-order valence-electron chi connectivity index (χ4n) is 1.54. The molecule has 0 radical (unpaired) electrons. The molecule has 1 unspecified atom stereocenters. The van der Waals surface area contributed by atoms with E-state index >= 15 is 0 Å². The summed E-state index contributed by atoms with van der Waals surface area (Å²) in [7, 11) is 1.53. The predicted octanol–water partition coefficient (Wildman–Crippen LogP) is 2.30. The second-order valence-electron chi connectivity index (χ2n) is 4.86. The Morgan fingerprint density at radius 3 is 2.61 bits per heavy atom. The molecule has 0 saturated heterocycles. The monoisotopic (exact) mass is 250 g/mol. The summed E-state index contributed by atoms with van der Waals surface area (Å²) in [6.07, 6.45) is 0. The van der Waals surface area contributed by atoms with E-state index in [4.69, 9.17) is 10.5 Å². The van der Waals surface area contributed by atoms with Crippen molar-refractivity contribution in [3.63, 3.8) is 0 Å². The minimum atomic E-state index is -0.183. The summed E-state index contributed by atoms with van der Waals surface area (Å²) in [6, 6.07) is 5.20. The van der Waals surface area contributed by atoms with Gasteiger partial charge in [0.2, 0.25) is 0 Å². The number of carbonyl (C=O) groups excluding carboxylic acids is 1. The van der Waals surface area contributed by atoms with Crippen LogP contribution in [0.3, 0.4) is 0 Å². The number of benzene rings is 1. The van der Waals surface area contributed by atoms with Crippen LogP contribution >= 0.6 is 0 Å². The van der Waals surface area contributed by atoms with E-state index in [0.29, 0.717) is 35.4 Å². The minimum Gasteiger partial charge on any atom is -0.496 e.